The monoisotopic (exact) mass is 1020 g/mol. The first kappa shape index (κ1) is 69.2. The maximum absolute atomic E-state index is 13.0. The zero-order chi connectivity index (χ0) is 52.0. The number of quaternary nitrogens is 1. The van der Waals surface area contributed by atoms with Gasteiger partial charge >= 0.3 is 7.82 Å². The molecule has 0 aromatic heterocycles. The number of unbranched alkanes of at least 4 members (excludes halogenated alkanes) is 34. The van der Waals surface area contributed by atoms with Crippen LogP contribution in [0.4, 0.5) is 0 Å². The third kappa shape index (κ3) is 55.8. The Morgan fingerprint density at radius 3 is 1.24 bits per heavy atom. The molecular weight excluding hydrogens is 900 g/mol. The maximum atomic E-state index is 13.0. The van der Waals surface area contributed by atoms with Gasteiger partial charge in [0.25, 0.3) is 0 Å². The van der Waals surface area contributed by atoms with Gasteiger partial charge in [-0.1, -0.05) is 274 Å². The van der Waals surface area contributed by atoms with Gasteiger partial charge in [-0.3, -0.25) is 13.8 Å². The second kappa shape index (κ2) is 53.0. The Balaban J connectivity index is 4.11. The average Bonchev–Trinajstić information content (AvgIpc) is 3.33. The molecule has 0 fully saturated rings. The zero-order valence-corrected chi connectivity index (χ0v) is 48.4. The number of carbonyl (C=O) groups excluding carboxylic acids is 1. The summed E-state index contributed by atoms with van der Waals surface area (Å²) < 4.78 is 23.7. The lowest BCUT2D eigenvalue weighted by molar-refractivity contribution is -0.870. The van der Waals surface area contributed by atoms with Gasteiger partial charge in [0.2, 0.25) is 5.91 Å². The number of hydrogen-bond acceptors (Lipinski definition) is 5. The fourth-order valence-corrected chi connectivity index (χ4v) is 9.54. The minimum atomic E-state index is -4.36. The van der Waals surface area contributed by atoms with Crippen LogP contribution in [-0.4, -0.2) is 73.4 Å². The van der Waals surface area contributed by atoms with Gasteiger partial charge in [-0.2, -0.15) is 0 Å². The Hall–Kier alpha value is -1.80. The molecule has 0 saturated heterocycles. The van der Waals surface area contributed by atoms with Crippen LogP contribution in [0, 0.1) is 0 Å². The highest BCUT2D eigenvalue weighted by Gasteiger charge is 2.27. The highest BCUT2D eigenvalue weighted by atomic mass is 31.2. The van der Waals surface area contributed by atoms with Crippen LogP contribution in [0.2, 0.25) is 0 Å². The number of nitrogens with zero attached hydrogens (tertiary/aromatic N) is 1. The molecule has 8 nitrogen and oxygen atoms in total. The minimum absolute atomic E-state index is 0.0543. The van der Waals surface area contributed by atoms with Crippen molar-refractivity contribution in [2.75, 3.05) is 40.9 Å². The van der Waals surface area contributed by atoms with Crippen molar-refractivity contribution < 1.29 is 32.9 Å². The molecule has 9 heteroatoms. The Labute approximate surface area is 441 Å². The maximum Gasteiger partial charge on any atom is 0.472 e. The summed E-state index contributed by atoms with van der Waals surface area (Å²) >= 11 is 0. The number of carbonyl (C=O) groups is 1. The number of phosphoric ester groups is 1. The smallest absolute Gasteiger partial charge is 0.387 e. The number of aliphatic hydroxyl groups excluding tert-OH is 1. The van der Waals surface area contributed by atoms with Crippen LogP contribution >= 0.6 is 7.82 Å². The highest BCUT2D eigenvalue weighted by Crippen LogP contribution is 2.43. The van der Waals surface area contributed by atoms with E-state index in [1.807, 2.05) is 27.2 Å². The fraction of sp³-hybridized carbons (Fsp3) is 0.823. The second-order valence-corrected chi connectivity index (χ2v) is 23.2. The molecule has 1 amide bonds. The number of amides is 1. The van der Waals surface area contributed by atoms with E-state index < -0.39 is 20.0 Å². The lowest BCUT2D eigenvalue weighted by Gasteiger charge is -2.25. The predicted molar refractivity (Wildman–Crippen MR) is 309 cm³/mol. The summed E-state index contributed by atoms with van der Waals surface area (Å²) in [6.45, 7) is 4.70. The molecular formula is C62H118N2O6P+. The molecule has 0 aliphatic heterocycles. The molecule has 0 rings (SSSR count). The molecule has 71 heavy (non-hydrogen) atoms. The third-order valence-corrected chi connectivity index (χ3v) is 14.5. The molecule has 3 atom stereocenters. The van der Waals surface area contributed by atoms with Crippen molar-refractivity contribution in [3.8, 4) is 0 Å². The van der Waals surface area contributed by atoms with Crippen molar-refractivity contribution in [2.45, 2.75) is 289 Å². The SMILES string of the molecule is CC/C=C\C/C=C\C/C=C\C/C=C\CCCCCCC(=O)NC(COP(=O)(O)OCC[N+](C)(C)C)C(O)/C=C/CCCCCCCCCCCCCCCCCCCCCCCCCCCCCCCC. The van der Waals surface area contributed by atoms with E-state index in [2.05, 4.69) is 67.8 Å². The molecule has 0 radical (unpaired) electrons. The van der Waals surface area contributed by atoms with Crippen molar-refractivity contribution in [1.29, 1.82) is 0 Å². The Morgan fingerprint density at radius 1 is 0.493 bits per heavy atom. The summed E-state index contributed by atoms with van der Waals surface area (Å²) in [6, 6.07) is -0.863. The summed E-state index contributed by atoms with van der Waals surface area (Å²) in [5.74, 6) is -0.199. The number of rotatable bonds is 55. The van der Waals surface area contributed by atoms with Crippen LogP contribution in [0.3, 0.4) is 0 Å². The number of phosphoric acid groups is 1. The third-order valence-electron chi connectivity index (χ3n) is 13.5. The lowest BCUT2D eigenvalue weighted by Crippen LogP contribution is -2.45. The van der Waals surface area contributed by atoms with Gasteiger partial charge in [0.15, 0.2) is 0 Å². The Morgan fingerprint density at radius 2 is 0.845 bits per heavy atom. The van der Waals surface area contributed by atoms with E-state index in [1.165, 1.54) is 180 Å². The normalized spacial score (nSPS) is 14.3. The molecule has 0 aromatic rings. The lowest BCUT2D eigenvalue weighted by atomic mass is 10.0. The van der Waals surface area contributed by atoms with Crippen LogP contribution in [0.5, 0.6) is 0 Å². The molecule has 0 saturated carbocycles. The van der Waals surface area contributed by atoms with Gasteiger partial charge in [-0.25, -0.2) is 4.57 Å². The number of likely N-dealkylation sites (N-methyl/N-ethyl adjacent to an activating group) is 1. The van der Waals surface area contributed by atoms with Crippen LogP contribution < -0.4 is 5.32 Å². The van der Waals surface area contributed by atoms with E-state index >= 15 is 0 Å². The van der Waals surface area contributed by atoms with Crippen LogP contribution in [-0.2, 0) is 18.4 Å². The van der Waals surface area contributed by atoms with E-state index in [0.29, 0.717) is 17.4 Å². The van der Waals surface area contributed by atoms with Gasteiger partial charge in [0, 0.05) is 6.42 Å². The summed E-state index contributed by atoms with van der Waals surface area (Å²) in [7, 11) is 1.55. The number of allylic oxidation sites excluding steroid dienone is 9. The Kier molecular flexibility index (Phi) is 51.7. The van der Waals surface area contributed by atoms with Gasteiger partial charge < -0.3 is 19.8 Å². The van der Waals surface area contributed by atoms with Crippen molar-refractivity contribution >= 4 is 13.7 Å². The van der Waals surface area contributed by atoms with E-state index in [0.717, 1.165) is 77.0 Å². The largest absolute Gasteiger partial charge is 0.472 e. The summed E-state index contributed by atoms with van der Waals surface area (Å²) in [5.41, 5.74) is 0. The van der Waals surface area contributed by atoms with Crippen molar-refractivity contribution in [1.82, 2.24) is 5.32 Å². The first-order chi connectivity index (χ1) is 34.5. The molecule has 0 bridgehead atoms. The molecule has 3 unspecified atom stereocenters. The fourth-order valence-electron chi connectivity index (χ4n) is 8.80. The summed E-state index contributed by atoms with van der Waals surface area (Å²) in [5, 5.41) is 13.9. The number of aliphatic hydroxyl groups is 1. The predicted octanol–water partition coefficient (Wildman–Crippen LogP) is 18.5. The number of hydrogen-bond donors (Lipinski definition) is 3. The quantitative estimate of drug-likeness (QED) is 0.0243. The summed E-state index contributed by atoms with van der Waals surface area (Å²) in [4.78, 5) is 23.3. The van der Waals surface area contributed by atoms with Gasteiger partial charge in [0.1, 0.15) is 13.2 Å². The topological polar surface area (TPSA) is 105 Å². The van der Waals surface area contributed by atoms with E-state index in [-0.39, 0.29) is 19.1 Å². The van der Waals surface area contributed by atoms with E-state index in [4.69, 9.17) is 9.05 Å². The molecule has 0 heterocycles. The Bertz CT molecular complexity index is 1340. The average molecular weight is 1020 g/mol. The molecule has 416 valence electrons. The van der Waals surface area contributed by atoms with Gasteiger partial charge in [-0.05, 0) is 57.8 Å². The molecule has 3 N–H and O–H groups in total. The second-order valence-electron chi connectivity index (χ2n) is 21.7. The van der Waals surface area contributed by atoms with Gasteiger partial charge in [-0.15, -0.1) is 0 Å². The standard InChI is InChI=1S/C62H117N2O6P/c1-6-8-10-12-14-16-18-20-22-24-25-26-27-28-29-30-31-32-33-34-35-36-37-38-40-41-43-45-47-49-51-53-55-61(65)60(59-70-71(67,68)69-58-57-64(3,4)5)63-62(66)56-54-52-50-48-46-44-42-39-23-21-19-17-15-13-11-9-7-2/h9,11,15,17,21,23,42,44,53,55,60-61,65H,6-8,10,12-14,16,18-20,22,24-41,43,45-52,54,56-59H2,1-5H3,(H-,63,66,67,68)/p+1/b11-9-,17-15-,23-21-,44-42-,55-53+. The number of nitrogens with one attached hydrogen (secondary N) is 1. The molecule has 0 aromatic carbocycles. The van der Waals surface area contributed by atoms with Crippen molar-refractivity contribution in [3.05, 3.63) is 60.8 Å². The van der Waals surface area contributed by atoms with Gasteiger partial charge in [0.05, 0.1) is 39.9 Å². The summed E-state index contributed by atoms with van der Waals surface area (Å²) in [6.07, 6.45) is 72.0. The van der Waals surface area contributed by atoms with Crippen LogP contribution in [0.1, 0.15) is 277 Å². The van der Waals surface area contributed by atoms with Crippen LogP contribution in [0.25, 0.3) is 0 Å². The van der Waals surface area contributed by atoms with Crippen molar-refractivity contribution in [2.24, 2.45) is 0 Å². The zero-order valence-electron chi connectivity index (χ0n) is 47.5. The van der Waals surface area contributed by atoms with Crippen LogP contribution in [0.15, 0.2) is 60.8 Å². The minimum Gasteiger partial charge on any atom is -0.387 e. The molecule has 0 aliphatic rings. The van der Waals surface area contributed by atoms with E-state index in [9.17, 15) is 19.4 Å². The van der Waals surface area contributed by atoms with Crippen molar-refractivity contribution in [3.63, 3.8) is 0 Å². The highest BCUT2D eigenvalue weighted by molar-refractivity contribution is 7.47. The first-order valence-electron chi connectivity index (χ1n) is 30.2. The molecule has 0 spiro atoms. The first-order valence-corrected chi connectivity index (χ1v) is 31.7. The molecule has 0 aliphatic carbocycles. The van der Waals surface area contributed by atoms with E-state index in [1.54, 1.807) is 6.08 Å².